The van der Waals surface area contributed by atoms with Gasteiger partial charge in [-0.15, -0.1) is 0 Å². The van der Waals surface area contributed by atoms with Crippen molar-refractivity contribution < 1.29 is 9.90 Å². The van der Waals surface area contributed by atoms with E-state index in [0.717, 1.165) is 12.8 Å². The first kappa shape index (κ1) is 28.0. The van der Waals surface area contributed by atoms with E-state index in [-0.39, 0.29) is 0 Å². The number of hydrogen-bond donors (Lipinski definition) is 1. The molecule has 0 atom stereocenters. The summed E-state index contributed by atoms with van der Waals surface area (Å²) in [5.74, 6) is 1.79. The number of rotatable bonds is 17. The molecule has 0 aromatic heterocycles. The highest BCUT2D eigenvalue weighted by Gasteiger charge is 1.96. The molecule has 0 saturated carbocycles. The number of carboxylic acids is 1. The zero-order valence-corrected chi connectivity index (χ0v) is 20.2. The fraction of sp³-hybridized carbons (Fsp3) is 0.731. The van der Waals surface area contributed by atoms with Crippen molar-refractivity contribution in [3.8, 4) is 0 Å². The highest BCUT2D eigenvalue weighted by atomic mass is 32.2. The van der Waals surface area contributed by atoms with Crippen LogP contribution in [-0.4, -0.2) is 22.6 Å². The highest BCUT2D eigenvalue weighted by Crippen LogP contribution is 2.11. The Kier molecular flexibility index (Phi) is 21.0. The van der Waals surface area contributed by atoms with E-state index >= 15 is 0 Å². The molecule has 0 saturated heterocycles. The van der Waals surface area contributed by atoms with Crippen molar-refractivity contribution in [3.63, 3.8) is 0 Å². The SMILES string of the molecule is CCCCCCCCCc1ccc(C)cc1.CCCCSCCCCCC(=O)O. The van der Waals surface area contributed by atoms with Crippen LogP contribution in [0.4, 0.5) is 0 Å². The number of unbranched alkanes of at least 4 members (excludes halogenated alkanes) is 9. The fourth-order valence-electron chi connectivity index (χ4n) is 3.05. The standard InChI is InChI=1S/C16H26.C10H20O2S/c1-3-4-5-6-7-8-9-10-16-13-11-15(2)12-14-16;1-2-3-8-13-9-6-4-5-7-10(11)12/h11-14H,3-10H2,1-2H3;2-9H2,1H3,(H,11,12). The topological polar surface area (TPSA) is 37.3 Å². The summed E-state index contributed by atoms with van der Waals surface area (Å²) < 4.78 is 0. The molecule has 3 heteroatoms. The summed E-state index contributed by atoms with van der Waals surface area (Å²) >= 11 is 1.99. The van der Waals surface area contributed by atoms with Gasteiger partial charge in [-0.05, 0) is 56.1 Å². The molecular formula is C26H46O2S. The second-order valence-electron chi connectivity index (χ2n) is 8.03. The summed E-state index contributed by atoms with van der Waals surface area (Å²) in [5.41, 5.74) is 2.86. The molecule has 0 radical (unpaired) electrons. The van der Waals surface area contributed by atoms with Gasteiger partial charge in [-0.3, -0.25) is 4.79 Å². The number of hydrogen-bond acceptors (Lipinski definition) is 2. The number of carboxylic acid groups (broad SMARTS) is 1. The van der Waals surface area contributed by atoms with E-state index in [4.69, 9.17) is 5.11 Å². The van der Waals surface area contributed by atoms with Gasteiger partial charge >= 0.3 is 5.97 Å². The van der Waals surface area contributed by atoms with E-state index in [0.29, 0.717) is 6.42 Å². The Hall–Kier alpha value is -0.960. The lowest BCUT2D eigenvalue weighted by Gasteiger charge is -2.02. The molecule has 0 aliphatic carbocycles. The largest absolute Gasteiger partial charge is 0.481 e. The Morgan fingerprint density at radius 3 is 1.93 bits per heavy atom. The predicted molar refractivity (Wildman–Crippen MR) is 131 cm³/mol. The van der Waals surface area contributed by atoms with Crippen LogP contribution in [0.3, 0.4) is 0 Å². The van der Waals surface area contributed by atoms with Crippen LogP contribution in [0.25, 0.3) is 0 Å². The lowest BCUT2D eigenvalue weighted by Crippen LogP contribution is -1.94. The number of benzene rings is 1. The molecule has 29 heavy (non-hydrogen) atoms. The van der Waals surface area contributed by atoms with Gasteiger partial charge in [0.05, 0.1) is 0 Å². The minimum Gasteiger partial charge on any atom is -0.481 e. The average Bonchev–Trinajstić information content (AvgIpc) is 2.71. The Bertz CT molecular complexity index is 470. The molecule has 0 aliphatic rings. The van der Waals surface area contributed by atoms with E-state index in [1.165, 1.54) is 93.3 Å². The van der Waals surface area contributed by atoms with Crippen LogP contribution in [0, 0.1) is 6.92 Å². The maximum absolute atomic E-state index is 10.2. The van der Waals surface area contributed by atoms with E-state index in [2.05, 4.69) is 45.0 Å². The Morgan fingerprint density at radius 2 is 1.31 bits per heavy atom. The average molecular weight is 423 g/mol. The van der Waals surface area contributed by atoms with Crippen molar-refractivity contribution in [3.05, 3.63) is 35.4 Å². The van der Waals surface area contributed by atoms with E-state index in [1.807, 2.05) is 11.8 Å². The molecule has 0 heterocycles. The third-order valence-corrected chi connectivity index (χ3v) is 6.17. The number of aliphatic carboxylic acids is 1. The van der Waals surface area contributed by atoms with E-state index in [1.54, 1.807) is 0 Å². The van der Waals surface area contributed by atoms with Gasteiger partial charge < -0.3 is 5.11 Å². The molecular weight excluding hydrogens is 376 g/mol. The fourth-order valence-corrected chi connectivity index (χ4v) is 4.15. The molecule has 168 valence electrons. The van der Waals surface area contributed by atoms with Crippen LogP contribution in [0.1, 0.15) is 108 Å². The second kappa shape index (κ2) is 21.7. The molecule has 0 bridgehead atoms. The Balaban J connectivity index is 0.000000555. The molecule has 0 spiro atoms. The van der Waals surface area contributed by atoms with Gasteiger partial charge in [-0.2, -0.15) is 11.8 Å². The molecule has 0 unspecified atom stereocenters. The Labute approximate surface area is 185 Å². The summed E-state index contributed by atoms with van der Waals surface area (Å²) in [6.07, 6.45) is 17.0. The van der Waals surface area contributed by atoms with Crippen molar-refractivity contribution in [1.82, 2.24) is 0 Å². The summed E-state index contributed by atoms with van der Waals surface area (Å²) in [6, 6.07) is 8.98. The van der Waals surface area contributed by atoms with Crippen molar-refractivity contribution >= 4 is 17.7 Å². The lowest BCUT2D eigenvalue weighted by atomic mass is 10.0. The minimum atomic E-state index is -0.668. The van der Waals surface area contributed by atoms with Gasteiger partial charge in [0.15, 0.2) is 0 Å². The maximum atomic E-state index is 10.2. The van der Waals surface area contributed by atoms with Gasteiger partial charge in [-0.25, -0.2) is 0 Å². The smallest absolute Gasteiger partial charge is 0.303 e. The van der Waals surface area contributed by atoms with E-state index < -0.39 is 5.97 Å². The van der Waals surface area contributed by atoms with Crippen LogP contribution < -0.4 is 0 Å². The van der Waals surface area contributed by atoms with Crippen molar-refractivity contribution in [2.75, 3.05) is 11.5 Å². The molecule has 1 aromatic carbocycles. The molecule has 1 N–H and O–H groups in total. The molecule has 1 rings (SSSR count). The van der Waals surface area contributed by atoms with Crippen LogP contribution in [0.2, 0.25) is 0 Å². The molecule has 1 aromatic rings. The number of carbonyl (C=O) groups is 1. The quantitative estimate of drug-likeness (QED) is 0.256. The first-order valence-corrected chi connectivity index (χ1v) is 13.1. The van der Waals surface area contributed by atoms with Gasteiger partial charge in [0.2, 0.25) is 0 Å². The lowest BCUT2D eigenvalue weighted by molar-refractivity contribution is -0.137. The second-order valence-corrected chi connectivity index (χ2v) is 9.25. The normalized spacial score (nSPS) is 10.4. The summed E-state index contributed by atoms with van der Waals surface area (Å²) in [7, 11) is 0. The van der Waals surface area contributed by atoms with Crippen LogP contribution in [0.15, 0.2) is 24.3 Å². The molecule has 0 amide bonds. The third-order valence-electron chi connectivity index (χ3n) is 5.01. The van der Waals surface area contributed by atoms with Crippen molar-refractivity contribution in [1.29, 1.82) is 0 Å². The Morgan fingerprint density at radius 1 is 0.759 bits per heavy atom. The maximum Gasteiger partial charge on any atom is 0.303 e. The van der Waals surface area contributed by atoms with Gasteiger partial charge in [0.1, 0.15) is 0 Å². The molecule has 0 fully saturated rings. The van der Waals surface area contributed by atoms with Gasteiger partial charge in [0.25, 0.3) is 0 Å². The summed E-state index contributed by atoms with van der Waals surface area (Å²) in [5, 5.41) is 8.38. The van der Waals surface area contributed by atoms with Crippen LogP contribution in [0.5, 0.6) is 0 Å². The van der Waals surface area contributed by atoms with Gasteiger partial charge in [0, 0.05) is 6.42 Å². The van der Waals surface area contributed by atoms with Crippen LogP contribution >= 0.6 is 11.8 Å². The zero-order chi connectivity index (χ0) is 21.6. The first-order valence-electron chi connectivity index (χ1n) is 11.9. The third kappa shape index (κ3) is 21.6. The van der Waals surface area contributed by atoms with Crippen molar-refractivity contribution in [2.45, 2.75) is 111 Å². The zero-order valence-electron chi connectivity index (χ0n) is 19.4. The van der Waals surface area contributed by atoms with Crippen LogP contribution in [-0.2, 0) is 11.2 Å². The first-order chi connectivity index (χ1) is 14.1. The highest BCUT2D eigenvalue weighted by molar-refractivity contribution is 7.99. The number of thioether (sulfide) groups is 1. The monoisotopic (exact) mass is 422 g/mol. The predicted octanol–water partition coefficient (Wildman–Crippen LogP) is 8.45. The summed E-state index contributed by atoms with van der Waals surface area (Å²) in [4.78, 5) is 10.2. The summed E-state index contributed by atoms with van der Waals surface area (Å²) in [6.45, 7) is 6.63. The number of aryl methyl sites for hydroxylation is 2. The van der Waals surface area contributed by atoms with Gasteiger partial charge in [-0.1, -0.05) is 95.0 Å². The molecule has 0 aliphatic heterocycles. The van der Waals surface area contributed by atoms with Crippen molar-refractivity contribution in [2.24, 2.45) is 0 Å². The van der Waals surface area contributed by atoms with E-state index in [9.17, 15) is 4.79 Å². The molecule has 2 nitrogen and oxygen atoms in total. The minimum absolute atomic E-state index is 0.333.